The van der Waals surface area contributed by atoms with Gasteiger partial charge in [0.25, 0.3) is 0 Å². The van der Waals surface area contributed by atoms with E-state index in [1.807, 2.05) is 0 Å². The van der Waals surface area contributed by atoms with Crippen LogP contribution in [0.2, 0.25) is 0 Å². The van der Waals surface area contributed by atoms with Gasteiger partial charge >= 0.3 is 0 Å². The van der Waals surface area contributed by atoms with Crippen LogP contribution in [0.3, 0.4) is 0 Å². The van der Waals surface area contributed by atoms with Crippen LogP contribution in [0.25, 0.3) is 0 Å². The molecular formula is C18H35NO5. The van der Waals surface area contributed by atoms with Gasteiger partial charge < -0.3 is 24.3 Å². The average molecular weight is 345 g/mol. The molecule has 24 heavy (non-hydrogen) atoms. The van der Waals surface area contributed by atoms with E-state index in [1.165, 1.54) is 6.42 Å². The number of ether oxygens (including phenoxy) is 4. The predicted molar refractivity (Wildman–Crippen MR) is 95.9 cm³/mol. The summed E-state index contributed by atoms with van der Waals surface area (Å²) < 4.78 is 20.9. The van der Waals surface area contributed by atoms with Gasteiger partial charge in [0.05, 0.1) is 46.2 Å². The van der Waals surface area contributed by atoms with Crippen molar-refractivity contribution in [2.45, 2.75) is 34.1 Å². The smallest absolute Gasteiger partial charge is 0.207 e. The van der Waals surface area contributed by atoms with E-state index in [0.717, 1.165) is 5.92 Å². The number of carbonyl (C=O) groups excluding carboxylic acids is 1. The largest absolute Gasteiger partial charge is 0.377 e. The van der Waals surface area contributed by atoms with Gasteiger partial charge in [0.1, 0.15) is 6.61 Å². The second-order valence-electron chi connectivity index (χ2n) is 5.19. The van der Waals surface area contributed by atoms with Crippen LogP contribution in [0, 0.1) is 17.8 Å². The highest BCUT2D eigenvalue weighted by molar-refractivity contribution is 5.45. The molecule has 0 unspecified atom stereocenters. The monoisotopic (exact) mass is 345 g/mol. The van der Waals surface area contributed by atoms with E-state index in [9.17, 15) is 4.79 Å². The first-order valence-corrected chi connectivity index (χ1v) is 8.56. The van der Waals surface area contributed by atoms with Gasteiger partial charge in [0.2, 0.25) is 6.41 Å². The maximum absolute atomic E-state index is 9.92. The number of hydrogen-bond acceptors (Lipinski definition) is 5. The zero-order valence-electron chi connectivity index (χ0n) is 15.8. The first kappa shape index (κ1) is 25.1. The molecule has 0 aliphatic carbocycles. The quantitative estimate of drug-likeness (QED) is 0.279. The predicted octanol–water partition coefficient (Wildman–Crippen LogP) is 1.87. The highest BCUT2D eigenvalue weighted by atomic mass is 16.6. The summed E-state index contributed by atoms with van der Waals surface area (Å²) >= 11 is 0. The van der Waals surface area contributed by atoms with E-state index in [0.29, 0.717) is 65.8 Å². The lowest BCUT2D eigenvalue weighted by molar-refractivity contribution is -0.109. The molecule has 0 bridgehead atoms. The molecule has 0 saturated heterocycles. The molecule has 0 spiro atoms. The highest BCUT2D eigenvalue weighted by Gasteiger charge is 1.92. The molecule has 0 aromatic heterocycles. The van der Waals surface area contributed by atoms with Gasteiger partial charge in [-0.15, -0.1) is 5.92 Å². The standard InChI is InChI=1S/C13H23NO5.C5H12/c1-2-3-5-16-7-9-18-11-12-19-10-8-17-6-4-14-13-15;1-4-5(2)3/h13H,4-12H2,1H3,(H,14,15);5H,4H2,1-3H3. The van der Waals surface area contributed by atoms with Crippen LogP contribution in [0.5, 0.6) is 0 Å². The molecule has 0 fully saturated rings. The van der Waals surface area contributed by atoms with Crippen molar-refractivity contribution in [1.29, 1.82) is 0 Å². The molecule has 0 rings (SSSR count). The number of nitrogens with one attached hydrogen (secondary N) is 1. The third-order valence-electron chi connectivity index (χ3n) is 2.76. The van der Waals surface area contributed by atoms with Gasteiger partial charge in [0.15, 0.2) is 0 Å². The average Bonchev–Trinajstić information content (AvgIpc) is 2.59. The van der Waals surface area contributed by atoms with Crippen molar-refractivity contribution >= 4 is 6.41 Å². The summed E-state index contributed by atoms with van der Waals surface area (Å²) in [5.74, 6) is 6.43. The van der Waals surface area contributed by atoms with Crippen LogP contribution >= 0.6 is 0 Å². The van der Waals surface area contributed by atoms with Crippen molar-refractivity contribution in [1.82, 2.24) is 5.32 Å². The summed E-state index contributed by atoms with van der Waals surface area (Å²) in [4.78, 5) is 9.92. The fraction of sp³-hybridized carbons (Fsp3) is 0.833. The summed E-state index contributed by atoms with van der Waals surface area (Å²) in [5.41, 5.74) is 0. The molecule has 0 radical (unpaired) electrons. The number of amides is 1. The Morgan fingerprint density at radius 2 is 1.38 bits per heavy atom. The second-order valence-corrected chi connectivity index (χ2v) is 5.19. The molecule has 1 amide bonds. The van der Waals surface area contributed by atoms with Crippen LogP contribution in [0.1, 0.15) is 34.1 Å². The molecule has 1 N–H and O–H groups in total. The number of hydrogen-bond donors (Lipinski definition) is 1. The fourth-order valence-electron chi connectivity index (χ4n) is 1.05. The van der Waals surface area contributed by atoms with E-state index < -0.39 is 0 Å². The zero-order chi connectivity index (χ0) is 18.3. The summed E-state index contributed by atoms with van der Waals surface area (Å²) in [6, 6.07) is 0. The maximum Gasteiger partial charge on any atom is 0.207 e. The van der Waals surface area contributed by atoms with Gasteiger partial charge in [-0.3, -0.25) is 4.79 Å². The Hall–Kier alpha value is -1.13. The molecule has 6 nitrogen and oxygen atoms in total. The Balaban J connectivity index is 0. The van der Waals surface area contributed by atoms with Gasteiger partial charge in [0, 0.05) is 6.54 Å². The van der Waals surface area contributed by atoms with E-state index >= 15 is 0 Å². The molecule has 0 heterocycles. The molecule has 0 aliphatic rings. The molecule has 142 valence electrons. The van der Waals surface area contributed by atoms with E-state index in [-0.39, 0.29) is 0 Å². The molecule has 0 aromatic rings. The molecule has 0 saturated carbocycles. The van der Waals surface area contributed by atoms with Crippen molar-refractivity contribution in [3.05, 3.63) is 0 Å². The first-order chi connectivity index (χ1) is 11.7. The topological polar surface area (TPSA) is 66.0 Å². The third-order valence-corrected chi connectivity index (χ3v) is 2.76. The van der Waals surface area contributed by atoms with Crippen LogP contribution in [-0.2, 0) is 23.7 Å². The molecular weight excluding hydrogens is 310 g/mol. The van der Waals surface area contributed by atoms with Crippen LogP contribution in [0.4, 0.5) is 0 Å². The van der Waals surface area contributed by atoms with Gasteiger partial charge in [-0.25, -0.2) is 0 Å². The Morgan fingerprint density at radius 1 is 0.917 bits per heavy atom. The van der Waals surface area contributed by atoms with E-state index in [1.54, 1.807) is 6.92 Å². The second kappa shape index (κ2) is 24.1. The molecule has 0 aromatic carbocycles. The normalized spacial score (nSPS) is 9.71. The summed E-state index contributed by atoms with van der Waals surface area (Å²) in [5, 5.41) is 2.51. The Morgan fingerprint density at radius 3 is 1.79 bits per heavy atom. The van der Waals surface area contributed by atoms with E-state index in [4.69, 9.17) is 18.9 Å². The van der Waals surface area contributed by atoms with Gasteiger partial charge in [-0.2, -0.15) is 0 Å². The molecule has 0 aliphatic heterocycles. The van der Waals surface area contributed by atoms with Crippen molar-refractivity contribution < 1.29 is 23.7 Å². The lowest BCUT2D eigenvalue weighted by Gasteiger charge is -2.06. The van der Waals surface area contributed by atoms with Crippen molar-refractivity contribution in [3.63, 3.8) is 0 Å². The number of rotatable bonds is 15. The third kappa shape index (κ3) is 29.0. The minimum Gasteiger partial charge on any atom is -0.377 e. The SMILES string of the molecule is CC#CCOCCOCCOCCOCCNC=O.CCC(C)C. The number of carbonyl (C=O) groups is 1. The highest BCUT2D eigenvalue weighted by Crippen LogP contribution is 1.93. The first-order valence-electron chi connectivity index (χ1n) is 8.56. The minimum atomic E-state index is 0.451. The summed E-state index contributed by atoms with van der Waals surface area (Å²) in [7, 11) is 0. The molecule has 0 atom stereocenters. The van der Waals surface area contributed by atoms with Crippen molar-refractivity contribution in [2.24, 2.45) is 5.92 Å². The lowest BCUT2D eigenvalue weighted by atomic mass is 10.2. The van der Waals surface area contributed by atoms with Crippen LogP contribution < -0.4 is 5.32 Å². The summed E-state index contributed by atoms with van der Waals surface area (Å²) in [6.07, 6.45) is 1.95. The minimum absolute atomic E-state index is 0.451. The lowest BCUT2D eigenvalue weighted by Crippen LogP contribution is -2.19. The van der Waals surface area contributed by atoms with Gasteiger partial charge in [-0.1, -0.05) is 33.1 Å². The maximum atomic E-state index is 9.92. The van der Waals surface area contributed by atoms with Crippen molar-refractivity contribution in [3.8, 4) is 11.8 Å². The Kier molecular flexibility index (Phi) is 25.2. The van der Waals surface area contributed by atoms with E-state index in [2.05, 4.69) is 37.9 Å². The summed E-state index contributed by atoms with van der Waals surface area (Å²) in [6.45, 7) is 13.1. The molecule has 6 heteroatoms. The van der Waals surface area contributed by atoms with Crippen molar-refractivity contribution in [2.75, 3.05) is 59.4 Å². The Bertz CT molecular complexity index is 300. The fourth-order valence-corrected chi connectivity index (χ4v) is 1.05. The Labute approximate surface area is 147 Å². The zero-order valence-corrected chi connectivity index (χ0v) is 15.8. The van der Waals surface area contributed by atoms with Crippen LogP contribution in [-0.4, -0.2) is 65.8 Å². The van der Waals surface area contributed by atoms with Gasteiger partial charge in [-0.05, 0) is 12.8 Å². The van der Waals surface area contributed by atoms with Crippen LogP contribution in [0.15, 0.2) is 0 Å².